The van der Waals surface area contributed by atoms with Gasteiger partial charge in [-0.3, -0.25) is 13.9 Å². The van der Waals surface area contributed by atoms with Gasteiger partial charge in [0.05, 0.1) is 16.6 Å². The van der Waals surface area contributed by atoms with Gasteiger partial charge in [-0.05, 0) is 31.2 Å². The van der Waals surface area contributed by atoms with Crippen molar-refractivity contribution in [1.29, 1.82) is 0 Å². The molecule has 1 aromatic carbocycles. The van der Waals surface area contributed by atoms with Crippen LogP contribution in [0, 0.1) is 0 Å². The number of carbonyl (C=O) groups excluding carboxylic acids is 1. The molecule has 0 bridgehead atoms. The fourth-order valence-electron chi connectivity index (χ4n) is 3.09. The molecule has 0 saturated heterocycles. The highest BCUT2D eigenvalue weighted by Gasteiger charge is 2.33. The van der Waals surface area contributed by atoms with Crippen LogP contribution in [0.5, 0.6) is 0 Å². The maximum Gasteiger partial charge on any atom is 0.419 e. The molecule has 3 aromatic rings. The number of imidazole rings is 1. The second-order valence-electron chi connectivity index (χ2n) is 6.28. The van der Waals surface area contributed by atoms with E-state index in [1.165, 1.54) is 16.8 Å². The van der Waals surface area contributed by atoms with E-state index in [0.717, 1.165) is 11.6 Å². The first kappa shape index (κ1) is 20.4. The Balaban J connectivity index is 1.61. The smallest absolute Gasteiger partial charge is 0.368 e. The second kappa shape index (κ2) is 8.38. The first-order valence-electron chi connectivity index (χ1n) is 9.03. The van der Waals surface area contributed by atoms with Gasteiger partial charge >= 0.3 is 11.9 Å². The number of fused-ring (bicyclic) bond motifs is 1. The molecular formula is C19H20F3N5O2. The number of amides is 1. The number of benzene rings is 1. The fraction of sp³-hybridized carbons (Fsp3) is 0.316. The number of nitrogens with zero attached hydrogens (tertiary/aromatic N) is 3. The van der Waals surface area contributed by atoms with Gasteiger partial charge in [-0.2, -0.15) is 13.2 Å². The second-order valence-corrected chi connectivity index (χ2v) is 6.28. The zero-order valence-corrected chi connectivity index (χ0v) is 15.7. The van der Waals surface area contributed by atoms with Crippen molar-refractivity contribution in [2.75, 3.05) is 18.4 Å². The van der Waals surface area contributed by atoms with Crippen molar-refractivity contribution in [3.8, 4) is 0 Å². The summed E-state index contributed by atoms with van der Waals surface area (Å²) in [6.45, 7) is 2.27. The van der Waals surface area contributed by atoms with E-state index in [1.807, 2.05) is 19.1 Å². The predicted molar refractivity (Wildman–Crippen MR) is 103 cm³/mol. The predicted octanol–water partition coefficient (Wildman–Crippen LogP) is 2.47. The number of pyridine rings is 1. The normalized spacial score (nSPS) is 11.6. The van der Waals surface area contributed by atoms with Crippen LogP contribution in [0.1, 0.15) is 12.5 Å². The van der Waals surface area contributed by atoms with Crippen molar-refractivity contribution in [3.05, 3.63) is 58.6 Å². The van der Waals surface area contributed by atoms with E-state index in [2.05, 4.69) is 15.6 Å². The lowest BCUT2D eigenvalue weighted by molar-refractivity contribution is -0.137. The number of hydrogen-bond donors (Lipinski definition) is 2. The Morgan fingerprint density at radius 3 is 2.41 bits per heavy atom. The van der Waals surface area contributed by atoms with Crippen LogP contribution < -0.4 is 16.3 Å². The van der Waals surface area contributed by atoms with Crippen molar-refractivity contribution in [2.24, 2.45) is 0 Å². The fourth-order valence-corrected chi connectivity index (χ4v) is 3.09. The molecule has 2 aromatic heterocycles. The summed E-state index contributed by atoms with van der Waals surface area (Å²) in [4.78, 5) is 28.5. The molecule has 3 rings (SSSR count). The SMILES string of the molecule is CCn1c(=O)n(CC(=O)NCCNc2ncccc2C(F)(F)F)c2ccccc21. The Kier molecular flexibility index (Phi) is 5.90. The molecule has 0 spiro atoms. The molecule has 1 amide bonds. The molecule has 7 nitrogen and oxygen atoms in total. The minimum Gasteiger partial charge on any atom is -0.368 e. The quantitative estimate of drug-likeness (QED) is 0.590. The molecule has 154 valence electrons. The molecule has 2 N–H and O–H groups in total. The van der Waals surface area contributed by atoms with E-state index < -0.39 is 17.6 Å². The van der Waals surface area contributed by atoms with Gasteiger partial charge in [0.1, 0.15) is 12.4 Å². The topological polar surface area (TPSA) is 81.0 Å². The molecule has 0 saturated carbocycles. The number of carbonyl (C=O) groups is 1. The first-order chi connectivity index (χ1) is 13.8. The summed E-state index contributed by atoms with van der Waals surface area (Å²) in [5.74, 6) is -0.707. The van der Waals surface area contributed by atoms with E-state index in [9.17, 15) is 22.8 Å². The zero-order valence-electron chi connectivity index (χ0n) is 15.7. The monoisotopic (exact) mass is 407 g/mol. The van der Waals surface area contributed by atoms with Crippen molar-refractivity contribution < 1.29 is 18.0 Å². The van der Waals surface area contributed by atoms with Gasteiger partial charge in [-0.15, -0.1) is 0 Å². The number of anilines is 1. The Labute approximate surface area is 164 Å². The highest BCUT2D eigenvalue weighted by Crippen LogP contribution is 2.33. The number of aryl methyl sites for hydroxylation is 1. The van der Waals surface area contributed by atoms with E-state index >= 15 is 0 Å². The Morgan fingerprint density at radius 2 is 1.76 bits per heavy atom. The highest BCUT2D eigenvalue weighted by atomic mass is 19.4. The van der Waals surface area contributed by atoms with Crippen LogP contribution in [0.3, 0.4) is 0 Å². The highest BCUT2D eigenvalue weighted by molar-refractivity contribution is 5.80. The zero-order chi connectivity index (χ0) is 21.0. The van der Waals surface area contributed by atoms with E-state index in [-0.39, 0.29) is 31.1 Å². The molecule has 0 unspecified atom stereocenters. The largest absolute Gasteiger partial charge is 0.419 e. The Bertz CT molecular complexity index is 1070. The molecule has 0 radical (unpaired) electrons. The summed E-state index contributed by atoms with van der Waals surface area (Å²) in [6, 6.07) is 9.31. The van der Waals surface area contributed by atoms with Crippen LogP contribution in [-0.4, -0.2) is 33.1 Å². The Hall–Kier alpha value is -3.30. The summed E-state index contributed by atoms with van der Waals surface area (Å²) in [7, 11) is 0. The van der Waals surface area contributed by atoms with Gasteiger partial charge in [0.2, 0.25) is 5.91 Å². The van der Waals surface area contributed by atoms with Crippen LogP contribution in [0.25, 0.3) is 11.0 Å². The van der Waals surface area contributed by atoms with Gasteiger partial charge in [-0.1, -0.05) is 12.1 Å². The molecule has 0 fully saturated rings. The van der Waals surface area contributed by atoms with Crippen LogP contribution in [0.4, 0.5) is 19.0 Å². The number of para-hydroxylation sites is 2. The summed E-state index contributed by atoms with van der Waals surface area (Å²) in [5.41, 5.74) is 0.232. The average Bonchev–Trinajstić information content (AvgIpc) is 2.96. The van der Waals surface area contributed by atoms with Crippen molar-refractivity contribution >= 4 is 22.8 Å². The molecule has 0 aliphatic rings. The number of halogens is 3. The van der Waals surface area contributed by atoms with Crippen molar-refractivity contribution in [2.45, 2.75) is 26.2 Å². The number of aromatic nitrogens is 3. The molecule has 0 aliphatic carbocycles. The molecule has 29 heavy (non-hydrogen) atoms. The lowest BCUT2D eigenvalue weighted by Gasteiger charge is -2.13. The van der Waals surface area contributed by atoms with Gasteiger partial charge in [-0.25, -0.2) is 9.78 Å². The number of alkyl halides is 3. The standard InChI is InChI=1S/C19H20F3N5O2/c1-2-26-14-7-3-4-8-15(14)27(18(26)29)12-16(28)23-10-11-25-17-13(19(20,21)22)6-5-9-24-17/h3-9H,2,10-12H2,1H3,(H,23,28)(H,24,25). The third-order valence-corrected chi connectivity index (χ3v) is 4.40. The van der Waals surface area contributed by atoms with Crippen molar-refractivity contribution in [3.63, 3.8) is 0 Å². The maximum absolute atomic E-state index is 12.9. The molecule has 10 heteroatoms. The third kappa shape index (κ3) is 4.41. The molecule has 0 atom stereocenters. The summed E-state index contributed by atoms with van der Waals surface area (Å²) in [5, 5.41) is 5.17. The minimum atomic E-state index is -4.52. The first-order valence-corrected chi connectivity index (χ1v) is 9.03. The maximum atomic E-state index is 12.9. The lowest BCUT2D eigenvalue weighted by Crippen LogP contribution is -2.35. The van der Waals surface area contributed by atoms with Gasteiger partial charge in [0, 0.05) is 25.8 Å². The summed E-state index contributed by atoms with van der Waals surface area (Å²) < 4.78 is 41.8. The van der Waals surface area contributed by atoms with E-state index in [4.69, 9.17) is 0 Å². The summed E-state index contributed by atoms with van der Waals surface area (Å²) in [6.07, 6.45) is -3.26. The summed E-state index contributed by atoms with van der Waals surface area (Å²) >= 11 is 0. The molecular weight excluding hydrogens is 387 g/mol. The van der Waals surface area contributed by atoms with Gasteiger partial charge in [0.15, 0.2) is 0 Å². The average molecular weight is 407 g/mol. The van der Waals surface area contributed by atoms with E-state index in [0.29, 0.717) is 12.1 Å². The van der Waals surface area contributed by atoms with Crippen LogP contribution >= 0.6 is 0 Å². The number of hydrogen-bond acceptors (Lipinski definition) is 4. The molecule has 0 aliphatic heterocycles. The number of rotatable bonds is 7. The Morgan fingerprint density at radius 1 is 1.07 bits per heavy atom. The van der Waals surface area contributed by atoms with Crippen LogP contribution in [-0.2, 0) is 24.1 Å². The minimum absolute atomic E-state index is 0.0530. The van der Waals surface area contributed by atoms with Crippen molar-refractivity contribution in [1.82, 2.24) is 19.4 Å². The third-order valence-electron chi connectivity index (χ3n) is 4.40. The van der Waals surface area contributed by atoms with Crippen LogP contribution in [0.15, 0.2) is 47.4 Å². The van der Waals surface area contributed by atoms with E-state index in [1.54, 1.807) is 16.7 Å². The van der Waals surface area contributed by atoms with Crippen LogP contribution in [0.2, 0.25) is 0 Å². The van der Waals surface area contributed by atoms with Gasteiger partial charge < -0.3 is 10.6 Å². The number of nitrogens with one attached hydrogen (secondary N) is 2. The molecule has 2 heterocycles. The lowest BCUT2D eigenvalue weighted by atomic mass is 10.2. The van der Waals surface area contributed by atoms with Gasteiger partial charge in [0.25, 0.3) is 0 Å².